The number of carbonyl (C=O) groups excluding carboxylic acids is 2. The van der Waals surface area contributed by atoms with Crippen LogP contribution in [0.2, 0.25) is 0 Å². The molecule has 1 aliphatic heterocycles. The lowest BCUT2D eigenvalue weighted by Crippen LogP contribution is -2.38. The van der Waals surface area contributed by atoms with E-state index in [1.54, 1.807) is 12.1 Å². The third kappa shape index (κ3) is 3.23. The van der Waals surface area contributed by atoms with Crippen LogP contribution in [0.4, 0.5) is 4.39 Å². The molecule has 4 rings (SSSR count). The molecule has 0 bridgehead atoms. The number of carbonyl (C=O) groups is 2. The number of Topliss-reactive ketones (excluding diaryl/α,β-unsaturated/α-hetero) is 1. The summed E-state index contributed by atoms with van der Waals surface area (Å²) >= 11 is 3.42. The Labute approximate surface area is 159 Å². The molecular weight excluding hydrogens is 397 g/mol. The van der Waals surface area contributed by atoms with Gasteiger partial charge in [-0.05, 0) is 47.7 Å². The molecule has 1 heterocycles. The molecule has 0 saturated carbocycles. The van der Waals surface area contributed by atoms with Crippen LogP contribution >= 0.6 is 15.9 Å². The summed E-state index contributed by atoms with van der Waals surface area (Å²) < 4.78 is 14.1. The zero-order chi connectivity index (χ0) is 18.3. The van der Waals surface area contributed by atoms with Gasteiger partial charge >= 0.3 is 0 Å². The smallest absolute Gasteiger partial charge is 0.225 e. The highest BCUT2D eigenvalue weighted by Crippen LogP contribution is 2.42. The van der Waals surface area contributed by atoms with E-state index in [1.807, 2.05) is 24.3 Å². The number of rotatable bonds is 2. The minimum Gasteiger partial charge on any atom is -0.329 e. The van der Waals surface area contributed by atoms with E-state index in [0.29, 0.717) is 12.8 Å². The molecule has 0 fully saturated rings. The lowest BCUT2D eigenvalue weighted by atomic mass is 9.73. The average molecular weight is 414 g/mol. The molecule has 2 aromatic rings. The zero-order valence-electron chi connectivity index (χ0n) is 14.0. The van der Waals surface area contributed by atoms with E-state index in [4.69, 9.17) is 0 Å². The summed E-state index contributed by atoms with van der Waals surface area (Å²) in [5.74, 6) is -0.533. The fraction of sp³-hybridized carbons (Fsp3) is 0.238. The van der Waals surface area contributed by atoms with Crippen LogP contribution in [-0.4, -0.2) is 11.7 Å². The molecule has 0 saturated heterocycles. The van der Waals surface area contributed by atoms with Gasteiger partial charge < -0.3 is 5.32 Å². The molecule has 1 amide bonds. The number of halogens is 2. The van der Waals surface area contributed by atoms with Gasteiger partial charge in [-0.3, -0.25) is 9.59 Å². The zero-order valence-corrected chi connectivity index (χ0v) is 15.6. The van der Waals surface area contributed by atoms with Gasteiger partial charge in [0, 0.05) is 34.5 Å². The molecule has 1 N–H and O–H groups in total. The van der Waals surface area contributed by atoms with Crippen molar-refractivity contribution in [3.05, 3.63) is 81.2 Å². The molecule has 0 spiro atoms. The van der Waals surface area contributed by atoms with Crippen LogP contribution in [0.3, 0.4) is 0 Å². The predicted molar refractivity (Wildman–Crippen MR) is 100 cm³/mol. The minimum atomic E-state index is -0.294. The standard InChI is InChI=1S/C21H17BrFNO2/c22-15-5-1-13(2-6-15)17-11-20(26)24-18-9-14(10-19(25)21(17)18)12-3-7-16(23)8-4-12/h1-8,14,17H,9-11H2,(H,24,26)/t14-,17-/m1/s1. The van der Waals surface area contributed by atoms with Crippen LogP contribution < -0.4 is 5.32 Å². The minimum absolute atomic E-state index is 0.0363. The van der Waals surface area contributed by atoms with E-state index < -0.39 is 0 Å². The average Bonchev–Trinajstić information content (AvgIpc) is 2.62. The number of hydrogen-bond donors (Lipinski definition) is 1. The lowest BCUT2D eigenvalue weighted by Gasteiger charge is -2.34. The Morgan fingerprint density at radius 1 is 0.885 bits per heavy atom. The highest BCUT2D eigenvalue weighted by Gasteiger charge is 2.38. The van der Waals surface area contributed by atoms with Gasteiger partial charge in [0.2, 0.25) is 5.91 Å². The van der Waals surface area contributed by atoms with Crippen molar-refractivity contribution < 1.29 is 14.0 Å². The summed E-state index contributed by atoms with van der Waals surface area (Å²) in [4.78, 5) is 25.2. The molecule has 2 atom stereocenters. The fourth-order valence-electron chi connectivity index (χ4n) is 3.91. The molecule has 0 radical (unpaired) electrons. The fourth-order valence-corrected chi connectivity index (χ4v) is 4.17. The SMILES string of the molecule is O=C1C[C@H](c2ccc(Br)cc2)C2=C(C[C@@H](c3ccc(F)cc3)CC2=O)N1. The molecule has 0 aromatic heterocycles. The highest BCUT2D eigenvalue weighted by molar-refractivity contribution is 9.10. The van der Waals surface area contributed by atoms with E-state index in [0.717, 1.165) is 26.9 Å². The van der Waals surface area contributed by atoms with E-state index in [2.05, 4.69) is 21.2 Å². The first-order chi connectivity index (χ1) is 12.5. The van der Waals surface area contributed by atoms with Crippen LogP contribution in [0.1, 0.15) is 42.2 Å². The van der Waals surface area contributed by atoms with Crippen molar-refractivity contribution in [2.75, 3.05) is 0 Å². The second-order valence-corrected chi connectivity index (χ2v) is 7.74. The molecule has 1 aliphatic carbocycles. The molecule has 0 unspecified atom stereocenters. The Hall–Kier alpha value is -2.27. The van der Waals surface area contributed by atoms with E-state index in [1.165, 1.54) is 12.1 Å². The van der Waals surface area contributed by atoms with Crippen LogP contribution in [0.25, 0.3) is 0 Å². The predicted octanol–water partition coefficient (Wildman–Crippen LogP) is 4.59. The summed E-state index contributed by atoms with van der Waals surface area (Å²) in [7, 11) is 0. The first kappa shape index (κ1) is 17.2. The normalized spacial score (nSPS) is 22.8. The van der Waals surface area contributed by atoms with Crippen LogP contribution in [0, 0.1) is 5.82 Å². The number of benzene rings is 2. The number of hydrogen-bond acceptors (Lipinski definition) is 2. The van der Waals surface area contributed by atoms with Gasteiger partial charge in [0.15, 0.2) is 5.78 Å². The summed E-state index contributed by atoms with van der Waals surface area (Å²) in [6, 6.07) is 14.0. The maximum atomic E-state index is 13.2. The molecule has 26 heavy (non-hydrogen) atoms. The summed E-state index contributed by atoms with van der Waals surface area (Å²) in [6.45, 7) is 0. The van der Waals surface area contributed by atoms with Gasteiger partial charge in [-0.15, -0.1) is 0 Å². The monoisotopic (exact) mass is 413 g/mol. The lowest BCUT2D eigenvalue weighted by molar-refractivity contribution is -0.122. The van der Waals surface area contributed by atoms with Gasteiger partial charge in [-0.25, -0.2) is 4.39 Å². The summed E-state index contributed by atoms with van der Waals surface area (Å²) in [6.07, 6.45) is 1.26. The number of allylic oxidation sites excluding steroid dienone is 2. The Kier molecular flexibility index (Phi) is 4.49. The Balaban J connectivity index is 1.70. The third-order valence-electron chi connectivity index (χ3n) is 5.15. The van der Waals surface area contributed by atoms with E-state index in [-0.39, 0.29) is 35.8 Å². The molecule has 132 valence electrons. The van der Waals surface area contributed by atoms with E-state index >= 15 is 0 Å². The molecule has 3 nitrogen and oxygen atoms in total. The molecule has 2 aromatic carbocycles. The topological polar surface area (TPSA) is 46.2 Å². The van der Waals surface area contributed by atoms with Crippen molar-refractivity contribution in [3.8, 4) is 0 Å². The van der Waals surface area contributed by atoms with Crippen molar-refractivity contribution in [3.63, 3.8) is 0 Å². The number of amides is 1. The van der Waals surface area contributed by atoms with Gasteiger partial charge in [0.05, 0.1) is 0 Å². The van der Waals surface area contributed by atoms with Crippen molar-refractivity contribution >= 4 is 27.6 Å². The van der Waals surface area contributed by atoms with Crippen molar-refractivity contribution in [2.24, 2.45) is 0 Å². The second kappa shape index (κ2) is 6.80. The Morgan fingerprint density at radius 2 is 1.54 bits per heavy atom. The maximum absolute atomic E-state index is 13.2. The van der Waals surface area contributed by atoms with Crippen molar-refractivity contribution in [2.45, 2.75) is 31.1 Å². The highest BCUT2D eigenvalue weighted by atomic mass is 79.9. The van der Waals surface area contributed by atoms with Gasteiger partial charge in [-0.1, -0.05) is 40.2 Å². The molecule has 5 heteroatoms. The van der Waals surface area contributed by atoms with Crippen molar-refractivity contribution in [1.29, 1.82) is 0 Å². The van der Waals surface area contributed by atoms with Gasteiger partial charge in [-0.2, -0.15) is 0 Å². The van der Waals surface area contributed by atoms with Crippen molar-refractivity contribution in [1.82, 2.24) is 5.32 Å². The summed E-state index contributed by atoms with van der Waals surface area (Å²) in [5, 5.41) is 2.91. The first-order valence-electron chi connectivity index (χ1n) is 8.58. The number of ketones is 1. The van der Waals surface area contributed by atoms with Crippen LogP contribution in [0.5, 0.6) is 0 Å². The van der Waals surface area contributed by atoms with E-state index in [9.17, 15) is 14.0 Å². The first-order valence-corrected chi connectivity index (χ1v) is 9.37. The maximum Gasteiger partial charge on any atom is 0.225 e. The summed E-state index contributed by atoms with van der Waals surface area (Å²) in [5.41, 5.74) is 3.35. The molecular formula is C21H17BrFNO2. The van der Waals surface area contributed by atoms with Gasteiger partial charge in [0.25, 0.3) is 0 Å². The van der Waals surface area contributed by atoms with Crippen LogP contribution in [-0.2, 0) is 9.59 Å². The quantitative estimate of drug-likeness (QED) is 0.782. The Bertz CT molecular complexity index is 903. The third-order valence-corrected chi connectivity index (χ3v) is 5.68. The Morgan fingerprint density at radius 3 is 2.23 bits per heavy atom. The number of nitrogens with one attached hydrogen (secondary N) is 1. The molecule has 2 aliphatic rings. The van der Waals surface area contributed by atoms with Gasteiger partial charge in [0.1, 0.15) is 5.82 Å². The second-order valence-electron chi connectivity index (χ2n) is 6.83. The van der Waals surface area contributed by atoms with Crippen LogP contribution in [0.15, 0.2) is 64.3 Å². The largest absolute Gasteiger partial charge is 0.329 e.